The Balaban J connectivity index is 1.61. The Labute approximate surface area is 183 Å². The molecule has 2 N–H and O–H groups in total. The highest BCUT2D eigenvalue weighted by molar-refractivity contribution is 7.15. The van der Waals surface area contributed by atoms with Crippen LogP contribution < -0.4 is 5.32 Å². The van der Waals surface area contributed by atoms with Crippen LogP contribution in [-0.4, -0.2) is 55.8 Å². The first-order valence-corrected chi connectivity index (χ1v) is 11.4. The molecule has 7 heteroatoms. The molecule has 0 spiro atoms. The molecule has 1 aromatic rings. The first-order chi connectivity index (χ1) is 14.2. The van der Waals surface area contributed by atoms with E-state index in [9.17, 15) is 9.90 Å². The summed E-state index contributed by atoms with van der Waals surface area (Å²) in [5.41, 5.74) is -0.132. The maximum Gasteiger partial charge on any atom is 0.350 e. The van der Waals surface area contributed by atoms with Crippen LogP contribution in [0.5, 0.6) is 0 Å². The van der Waals surface area contributed by atoms with Gasteiger partial charge in [-0.1, -0.05) is 11.8 Å². The summed E-state index contributed by atoms with van der Waals surface area (Å²) in [7, 11) is 1.39. The van der Waals surface area contributed by atoms with Gasteiger partial charge in [-0.25, -0.2) is 4.79 Å². The standard InChI is InChI=1S/C23H33NO5S/c1-22(2,3)9-7-18-13-19(20(30-18)21(25)27-4)24-16-5-10-23(26,11-6-16)15-29-17-8-12-28-14-17/h13,16-17,24,26H,5-6,8,10-12,14-15H2,1-4H3/t16-,17-,23-/m0/s1. The molecule has 1 atom stereocenters. The maximum atomic E-state index is 12.2. The number of carbonyl (C=O) groups is 1. The molecule has 0 amide bonds. The van der Waals surface area contributed by atoms with Crippen molar-refractivity contribution in [2.75, 3.05) is 32.2 Å². The van der Waals surface area contributed by atoms with E-state index in [2.05, 4.69) is 37.9 Å². The van der Waals surface area contributed by atoms with Gasteiger partial charge in [-0.3, -0.25) is 0 Å². The predicted molar refractivity (Wildman–Crippen MR) is 118 cm³/mol. The van der Waals surface area contributed by atoms with Crippen LogP contribution >= 0.6 is 11.3 Å². The van der Waals surface area contributed by atoms with Crippen molar-refractivity contribution in [2.24, 2.45) is 5.41 Å². The lowest BCUT2D eigenvalue weighted by atomic mass is 9.82. The van der Waals surface area contributed by atoms with Crippen molar-refractivity contribution in [1.29, 1.82) is 0 Å². The zero-order chi connectivity index (χ0) is 21.8. The molecule has 1 saturated heterocycles. The second-order valence-electron chi connectivity index (χ2n) is 9.28. The van der Waals surface area contributed by atoms with E-state index in [1.165, 1.54) is 18.4 Å². The number of carbonyl (C=O) groups excluding carboxylic acids is 1. The Morgan fingerprint density at radius 1 is 1.37 bits per heavy atom. The molecule has 0 bridgehead atoms. The fourth-order valence-electron chi connectivity index (χ4n) is 3.63. The molecule has 2 fully saturated rings. The molecule has 0 radical (unpaired) electrons. The van der Waals surface area contributed by atoms with Gasteiger partial charge in [0.15, 0.2) is 0 Å². The van der Waals surface area contributed by atoms with Crippen LogP contribution in [0.3, 0.4) is 0 Å². The Hall–Kier alpha value is -1.59. The lowest BCUT2D eigenvalue weighted by Crippen LogP contribution is -2.43. The maximum absolute atomic E-state index is 12.2. The second-order valence-corrected chi connectivity index (χ2v) is 10.3. The molecule has 0 unspecified atom stereocenters. The number of hydrogen-bond acceptors (Lipinski definition) is 7. The van der Waals surface area contributed by atoms with E-state index in [-0.39, 0.29) is 23.5 Å². The minimum atomic E-state index is -0.788. The monoisotopic (exact) mass is 435 g/mol. The summed E-state index contributed by atoms with van der Waals surface area (Å²) in [5, 5.41) is 14.3. The van der Waals surface area contributed by atoms with Crippen LogP contribution in [0.1, 0.15) is 67.4 Å². The number of nitrogens with one attached hydrogen (secondary N) is 1. The number of anilines is 1. The molecular weight excluding hydrogens is 402 g/mol. The Morgan fingerprint density at radius 3 is 2.70 bits per heavy atom. The van der Waals surface area contributed by atoms with E-state index >= 15 is 0 Å². The highest BCUT2D eigenvalue weighted by Gasteiger charge is 2.35. The summed E-state index contributed by atoms with van der Waals surface area (Å²) >= 11 is 1.35. The third-order valence-corrected chi connectivity index (χ3v) is 6.45. The van der Waals surface area contributed by atoms with Gasteiger partial charge in [-0.15, -0.1) is 11.3 Å². The molecule has 1 aromatic heterocycles. The number of thiophene rings is 1. The minimum Gasteiger partial charge on any atom is -0.465 e. The van der Waals surface area contributed by atoms with E-state index < -0.39 is 5.60 Å². The molecule has 2 heterocycles. The Morgan fingerprint density at radius 2 is 2.10 bits per heavy atom. The van der Waals surface area contributed by atoms with E-state index in [4.69, 9.17) is 14.2 Å². The molecule has 0 aromatic carbocycles. The van der Waals surface area contributed by atoms with Gasteiger partial charge in [-0.2, -0.15) is 0 Å². The lowest BCUT2D eigenvalue weighted by molar-refractivity contribution is -0.0916. The first-order valence-electron chi connectivity index (χ1n) is 10.6. The van der Waals surface area contributed by atoms with Crippen molar-refractivity contribution in [3.05, 3.63) is 15.8 Å². The SMILES string of the molecule is COC(=O)c1sc(C#CC(C)(C)C)cc1N[C@H]1CC[C@@](O)(CO[C@H]2CCOC2)CC1. The second kappa shape index (κ2) is 9.69. The highest BCUT2D eigenvalue weighted by Crippen LogP contribution is 2.34. The van der Waals surface area contributed by atoms with Gasteiger partial charge in [0.05, 0.1) is 42.6 Å². The van der Waals surface area contributed by atoms with Crippen molar-refractivity contribution in [2.45, 2.75) is 70.6 Å². The van der Waals surface area contributed by atoms with Crippen molar-refractivity contribution in [3.8, 4) is 11.8 Å². The van der Waals surface area contributed by atoms with Gasteiger partial charge >= 0.3 is 5.97 Å². The summed E-state index contributed by atoms with van der Waals surface area (Å²) in [5.74, 6) is 6.03. The summed E-state index contributed by atoms with van der Waals surface area (Å²) in [6.07, 6.45) is 3.93. The largest absolute Gasteiger partial charge is 0.465 e. The molecule has 3 rings (SSSR count). The first kappa shape index (κ1) is 23.1. The van der Waals surface area contributed by atoms with Crippen molar-refractivity contribution in [3.63, 3.8) is 0 Å². The quantitative estimate of drug-likeness (QED) is 0.523. The number of esters is 1. The summed E-state index contributed by atoms with van der Waals surface area (Å²) in [6.45, 7) is 7.88. The van der Waals surface area contributed by atoms with E-state index in [0.717, 1.165) is 36.4 Å². The van der Waals surface area contributed by atoms with Crippen molar-refractivity contribution in [1.82, 2.24) is 0 Å². The molecule has 1 saturated carbocycles. The van der Waals surface area contributed by atoms with Crippen LogP contribution in [0.4, 0.5) is 5.69 Å². The molecule has 6 nitrogen and oxygen atoms in total. The summed E-state index contributed by atoms with van der Waals surface area (Å²) in [6, 6.07) is 2.11. The minimum absolute atomic E-state index is 0.103. The zero-order valence-corrected chi connectivity index (χ0v) is 19.2. The molecule has 30 heavy (non-hydrogen) atoms. The average Bonchev–Trinajstić information content (AvgIpc) is 3.36. The average molecular weight is 436 g/mol. The van der Waals surface area contributed by atoms with Gasteiger partial charge in [0.2, 0.25) is 0 Å². The number of aliphatic hydroxyl groups is 1. The number of rotatable bonds is 6. The Bertz CT molecular complexity index is 787. The molecule has 166 valence electrons. The number of ether oxygens (including phenoxy) is 3. The van der Waals surface area contributed by atoms with Crippen LogP contribution in [-0.2, 0) is 14.2 Å². The normalized spacial score (nSPS) is 26.7. The van der Waals surface area contributed by atoms with Crippen LogP contribution in [0.15, 0.2) is 6.07 Å². The topological polar surface area (TPSA) is 77.0 Å². The molecule has 1 aliphatic heterocycles. The van der Waals surface area contributed by atoms with Crippen LogP contribution in [0.25, 0.3) is 0 Å². The van der Waals surface area contributed by atoms with Gasteiger partial charge in [-0.05, 0) is 58.9 Å². The van der Waals surface area contributed by atoms with Gasteiger partial charge < -0.3 is 24.6 Å². The third-order valence-electron chi connectivity index (χ3n) is 5.42. The zero-order valence-electron chi connectivity index (χ0n) is 18.4. The molecular formula is C23H33NO5S. The fraction of sp³-hybridized carbons (Fsp3) is 0.696. The van der Waals surface area contributed by atoms with E-state index in [1.807, 2.05) is 6.07 Å². The predicted octanol–water partition coefficient (Wildman–Crippen LogP) is 3.82. The molecule has 1 aliphatic carbocycles. The van der Waals surface area contributed by atoms with Crippen LogP contribution in [0.2, 0.25) is 0 Å². The highest BCUT2D eigenvalue weighted by atomic mass is 32.1. The third kappa shape index (κ3) is 6.45. The van der Waals surface area contributed by atoms with Gasteiger partial charge in [0.1, 0.15) is 4.88 Å². The van der Waals surface area contributed by atoms with E-state index in [0.29, 0.717) is 30.9 Å². The van der Waals surface area contributed by atoms with Gasteiger partial charge in [0, 0.05) is 18.1 Å². The summed E-state index contributed by atoms with van der Waals surface area (Å²) in [4.78, 5) is 13.6. The van der Waals surface area contributed by atoms with Crippen molar-refractivity contribution >= 4 is 23.0 Å². The lowest BCUT2D eigenvalue weighted by Gasteiger charge is -2.37. The number of methoxy groups -OCH3 is 1. The molecule has 2 aliphatic rings. The summed E-state index contributed by atoms with van der Waals surface area (Å²) < 4.78 is 16.1. The smallest absolute Gasteiger partial charge is 0.350 e. The van der Waals surface area contributed by atoms with Crippen LogP contribution in [0, 0.1) is 17.3 Å². The van der Waals surface area contributed by atoms with Crippen molar-refractivity contribution < 1.29 is 24.1 Å². The van der Waals surface area contributed by atoms with Gasteiger partial charge in [0.25, 0.3) is 0 Å². The Kier molecular flexibility index (Phi) is 7.46. The fourth-order valence-corrected chi connectivity index (χ4v) is 4.53. The number of hydrogen-bond donors (Lipinski definition) is 2. The van der Waals surface area contributed by atoms with E-state index in [1.54, 1.807) is 0 Å².